The SMILES string of the molecule is COc1ccc(OC)c([C@H]2CCC[NH+]2CC(=O)NCC(=O)NC(C)C)c1. The van der Waals surface area contributed by atoms with E-state index >= 15 is 0 Å². The first kappa shape index (κ1) is 20.0. The largest absolute Gasteiger partial charge is 0.497 e. The Hall–Kier alpha value is -2.28. The van der Waals surface area contributed by atoms with Crippen molar-refractivity contribution in [1.29, 1.82) is 0 Å². The molecule has 1 aliphatic heterocycles. The monoisotopic (exact) mass is 364 g/mol. The first-order valence-electron chi connectivity index (χ1n) is 9.07. The molecule has 1 aromatic rings. The number of hydrogen-bond acceptors (Lipinski definition) is 4. The number of nitrogens with one attached hydrogen (secondary N) is 3. The highest BCUT2D eigenvalue weighted by atomic mass is 16.5. The van der Waals surface area contributed by atoms with E-state index in [0.29, 0.717) is 6.54 Å². The maximum atomic E-state index is 12.3. The van der Waals surface area contributed by atoms with Gasteiger partial charge in [0.25, 0.3) is 5.91 Å². The van der Waals surface area contributed by atoms with Gasteiger partial charge in [-0.3, -0.25) is 9.59 Å². The number of amides is 2. The Labute approximate surface area is 155 Å². The van der Waals surface area contributed by atoms with Gasteiger partial charge in [-0.2, -0.15) is 0 Å². The van der Waals surface area contributed by atoms with Gasteiger partial charge in [-0.15, -0.1) is 0 Å². The minimum absolute atomic E-state index is 0.0114. The van der Waals surface area contributed by atoms with Gasteiger partial charge in [0.05, 0.1) is 32.9 Å². The summed E-state index contributed by atoms with van der Waals surface area (Å²) in [5.41, 5.74) is 1.06. The quantitative estimate of drug-likeness (QED) is 0.610. The summed E-state index contributed by atoms with van der Waals surface area (Å²) in [7, 11) is 3.29. The van der Waals surface area contributed by atoms with Crippen molar-refractivity contribution >= 4 is 11.8 Å². The number of carbonyl (C=O) groups is 2. The van der Waals surface area contributed by atoms with Crippen LogP contribution in [0.2, 0.25) is 0 Å². The minimum atomic E-state index is -0.171. The molecule has 1 aromatic carbocycles. The summed E-state index contributed by atoms with van der Waals surface area (Å²) in [6.07, 6.45) is 2.03. The molecule has 1 unspecified atom stereocenters. The summed E-state index contributed by atoms with van der Waals surface area (Å²) < 4.78 is 10.8. The molecule has 0 spiro atoms. The lowest BCUT2D eigenvalue weighted by molar-refractivity contribution is -0.910. The van der Waals surface area contributed by atoms with Gasteiger partial charge in [0, 0.05) is 18.9 Å². The molecule has 0 radical (unpaired) electrons. The Kier molecular flexibility index (Phi) is 7.26. The normalized spacial score (nSPS) is 19.3. The van der Waals surface area contributed by atoms with Crippen LogP contribution >= 0.6 is 0 Å². The number of methoxy groups -OCH3 is 2. The second kappa shape index (κ2) is 9.43. The molecular weight excluding hydrogens is 334 g/mol. The fourth-order valence-corrected chi connectivity index (χ4v) is 3.43. The van der Waals surface area contributed by atoms with E-state index in [4.69, 9.17) is 9.47 Å². The van der Waals surface area contributed by atoms with Crippen LogP contribution in [0.3, 0.4) is 0 Å². The standard InChI is InChI=1S/C19H29N3O4/c1-13(2)21-18(23)11-20-19(24)12-22-9-5-6-16(22)15-10-14(25-3)7-8-17(15)26-4/h7-8,10,13,16H,5-6,9,11-12H2,1-4H3,(H,20,24)(H,21,23)/p+1/t16-/m1/s1. The molecule has 1 heterocycles. The van der Waals surface area contributed by atoms with Crippen molar-refractivity contribution < 1.29 is 24.0 Å². The van der Waals surface area contributed by atoms with Crippen LogP contribution in [0.25, 0.3) is 0 Å². The summed E-state index contributed by atoms with van der Waals surface area (Å²) in [5.74, 6) is 1.30. The third-order valence-corrected chi connectivity index (χ3v) is 4.58. The number of benzene rings is 1. The number of ether oxygens (including phenoxy) is 2. The second-order valence-corrected chi connectivity index (χ2v) is 6.89. The lowest BCUT2D eigenvalue weighted by Gasteiger charge is -2.23. The third-order valence-electron chi connectivity index (χ3n) is 4.58. The highest BCUT2D eigenvalue weighted by Crippen LogP contribution is 2.31. The van der Waals surface area contributed by atoms with Gasteiger partial charge in [-0.05, 0) is 32.0 Å². The molecule has 1 aliphatic rings. The third kappa shape index (κ3) is 5.36. The molecule has 0 aliphatic carbocycles. The molecular formula is C19H30N3O4+. The molecule has 7 heteroatoms. The van der Waals surface area contributed by atoms with Crippen molar-refractivity contribution in [3.8, 4) is 11.5 Å². The maximum Gasteiger partial charge on any atom is 0.275 e. The second-order valence-electron chi connectivity index (χ2n) is 6.89. The molecule has 7 nitrogen and oxygen atoms in total. The number of rotatable bonds is 8. The summed E-state index contributed by atoms with van der Waals surface area (Å²) in [4.78, 5) is 25.1. The van der Waals surface area contributed by atoms with Crippen molar-refractivity contribution in [1.82, 2.24) is 10.6 Å². The van der Waals surface area contributed by atoms with Gasteiger partial charge in [-0.1, -0.05) is 0 Å². The lowest BCUT2D eigenvalue weighted by atomic mass is 10.0. The molecule has 0 bridgehead atoms. The van der Waals surface area contributed by atoms with Crippen molar-refractivity contribution in [3.05, 3.63) is 23.8 Å². The van der Waals surface area contributed by atoms with E-state index in [2.05, 4.69) is 10.6 Å². The minimum Gasteiger partial charge on any atom is -0.497 e. The van der Waals surface area contributed by atoms with Gasteiger partial charge >= 0.3 is 0 Å². The van der Waals surface area contributed by atoms with E-state index < -0.39 is 0 Å². The average Bonchev–Trinajstić information content (AvgIpc) is 3.06. The van der Waals surface area contributed by atoms with Gasteiger partial charge in [0.15, 0.2) is 6.54 Å². The summed E-state index contributed by atoms with van der Waals surface area (Å²) in [5, 5.41) is 5.47. The van der Waals surface area contributed by atoms with Gasteiger partial charge in [0.2, 0.25) is 5.91 Å². The predicted octanol–water partition coefficient (Wildman–Crippen LogP) is 0.0644. The zero-order valence-electron chi connectivity index (χ0n) is 16.1. The number of carbonyl (C=O) groups excluding carboxylic acids is 2. The summed E-state index contributed by atoms with van der Waals surface area (Å²) in [6.45, 7) is 5.04. The van der Waals surface area contributed by atoms with Gasteiger partial charge in [0.1, 0.15) is 17.5 Å². The van der Waals surface area contributed by atoms with Crippen LogP contribution < -0.4 is 25.0 Å². The van der Waals surface area contributed by atoms with Crippen molar-refractivity contribution in [2.45, 2.75) is 38.8 Å². The Morgan fingerprint density at radius 3 is 2.65 bits per heavy atom. The molecule has 144 valence electrons. The summed E-state index contributed by atoms with van der Waals surface area (Å²) >= 11 is 0. The first-order chi connectivity index (χ1) is 12.4. The highest BCUT2D eigenvalue weighted by Gasteiger charge is 2.34. The molecule has 2 rings (SSSR count). The van der Waals surface area contributed by atoms with Crippen LogP contribution in [-0.4, -0.2) is 51.7 Å². The highest BCUT2D eigenvalue weighted by molar-refractivity contribution is 5.85. The Bertz CT molecular complexity index is 633. The van der Waals surface area contributed by atoms with Crippen LogP contribution in [0.15, 0.2) is 18.2 Å². The molecule has 26 heavy (non-hydrogen) atoms. The van der Waals surface area contributed by atoms with Crippen LogP contribution in [-0.2, 0) is 9.59 Å². The topological polar surface area (TPSA) is 81.1 Å². The Morgan fingerprint density at radius 2 is 2.00 bits per heavy atom. The van der Waals surface area contributed by atoms with Gasteiger partial charge < -0.3 is 25.0 Å². The van der Waals surface area contributed by atoms with Gasteiger partial charge in [-0.25, -0.2) is 0 Å². The average molecular weight is 364 g/mol. The first-order valence-corrected chi connectivity index (χ1v) is 9.07. The van der Waals surface area contributed by atoms with E-state index in [-0.39, 0.29) is 30.4 Å². The van der Waals surface area contributed by atoms with E-state index in [1.165, 1.54) is 4.90 Å². The molecule has 1 fully saturated rings. The molecule has 0 saturated carbocycles. The van der Waals surface area contributed by atoms with Crippen LogP contribution in [0.1, 0.15) is 38.3 Å². The zero-order chi connectivity index (χ0) is 19.1. The van der Waals surface area contributed by atoms with Crippen LogP contribution in [0, 0.1) is 0 Å². The Morgan fingerprint density at radius 1 is 1.23 bits per heavy atom. The maximum absolute atomic E-state index is 12.3. The van der Waals surface area contributed by atoms with Crippen LogP contribution in [0.5, 0.6) is 11.5 Å². The predicted molar refractivity (Wildman–Crippen MR) is 98.5 cm³/mol. The van der Waals surface area contributed by atoms with Crippen molar-refractivity contribution in [2.24, 2.45) is 0 Å². The van der Waals surface area contributed by atoms with E-state index in [0.717, 1.165) is 36.4 Å². The fraction of sp³-hybridized carbons (Fsp3) is 0.579. The molecule has 2 amide bonds. The Balaban J connectivity index is 2.00. The summed E-state index contributed by atoms with van der Waals surface area (Å²) in [6, 6.07) is 6.00. The molecule has 3 N–H and O–H groups in total. The van der Waals surface area contributed by atoms with E-state index in [9.17, 15) is 9.59 Å². The zero-order valence-corrected chi connectivity index (χ0v) is 16.1. The fourth-order valence-electron chi connectivity index (χ4n) is 3.43. The number of hydrogen-bond donors (Lipinski definition) is 3. The lowest BCUT2D eigenvalue weighted by Crippen LogP contribution is -3.11. The number of quaternary nitrogens is 1. The van der Waals surface area contributed by atoms with Crippen molar-refractivity contribution in [3.63, 3.8) is 0 Å². The van der Waals surface area contributed by atoms with Crippen molar-refractivity contribution in [2.75, 3.05) is 33.9 Å². The molecule has 0 aromatic heterocycles. The van der Waals surface area contributed by atoms with E-state index in [1.807, 2.05) is 32.0 Å². The molecule has 1 saturated heterocycles. The van der Waals surface area contributed by atoms with Crippen LogP contribution in [0.4, 0.5) is 0 Å². The number of likely N-dealkylation sites (tertiary alicyclic amines) is 1. The smallest absolute Gasteiger partial charge is 0.275 e. The molecule has 2 atom stereocenters. The van der Waals surface area contributed by atoms with E-state index in [1.54, 1.807) is 14.2 Å².